The lowest BCUT2D eigenvalue weighted by molar-refractivity contribution is -0.384. The summed E-state index contributed by atoms with van der Waals surface area (Å²) in [4.78, 5) is 35.0. The Morgan fingerprint density at radius 2 is 1.64 bits per heavy atom. The third-order valence-corrected chi connectivity index (χ3v) is 4.80. The lowest BCUT2D eigenvalue weighted by Crippen LogP contribution is -2.17. The molecule has 1 N–H and O–H groups in total. The summed E-state index contributed by atoms with van der Waals surface area (Å²) >= 11 is 0. The second kappa shape index (κ2) is 9.52. The van der Waals surface area contributed by atoms with Crippen LogP contribution in [-0.4, -0.2) is 23.0 Å². The zero-order valence-corrected chi connectivity index (χ0v) is 17.2. The normalized spacial score (nSPS) is 10.8. The summed E-state index contributed by atoms with van der Waals surface area (Å²) in [5, 5.41) is 16.6. The number of non-ortho nitro benzene ring substituents is 1. The molecule has 162 valence electrons. The number of ether oxygens (including phenoxy) is 1. The van der Waals surface area contributed by atoms with Gasteiger partial charge in [-0.1, -0.05) is 42.5 Å². The first-order chi connectivity index (χ1) is 16.0. The van der Waals surface area contributed by atoms with E-state index in [4.69, 9.17) is 4.74 Å². The zero-order valence-electron chi connectivity index (χ0n) is 17.2. The number of amides is 1. The van der Waals surface area contributed by atoms with Crippen molar-refractivity contribution >= 4 is 34.6 Å². The smallest absolute Gasteiger partial charge is 0.343 e. The van der Waals surface area contributed by atoms with Gasteiger partial charge < -0.3 is 4.74 Å². The summed E-state index contributed by atoms with van der Waals surface area (Å²) in [6, 6.07) is 24.8. The van der Waals surface area contributed by atoms with E-state index in [1.807, 2.05) is 36.4 Å². The van der Waals surface area contributed by atoms with Crippen molar-refractivity contribution in [3.63, 3.8) is 0 Å². The van der Waals surface area contributed by atoms with Crippen molar-refractivity contribution < 1.29 is 19.2 Å². The van der Waals surface area contributed by atoms with Crippen molar-refractivity contribution in [2.45, 2.75) is 0 Å². The van der Waals surface area contributed by atoms with Gasteiger partial charge in [-0.05, 0) is 52.7 Å². The van der Waals surface area contributed by atoms with E-state index in [9.17, 15) is 19.7 Å². The molecular weight excluding hydrogens is 422 g/mol. The van der Waals surface area contributed by atoms with Crippen molar-refractivity contribution in [1.29, 1.82) is 0 Å². The van der Waals surface area contributed by atoms with E-state index in [0.29, 0.717) is 11.1 Å². The van der Waals surface area contributed by atoms with Crippen molar-refractivity contribution in [1.82, 2.24) is 5.43 Å². The van der Waals surface area contributed by atoms with Crippen LogP contribution < -0.4 is 10.2 Å². The predicted octanol–water partition coefficient (Wildman–Crippen LogP) is 4.73. The number of hydrogen-bond acceptors (Lipinski definition) is 6. The summed E-state index contributed by atoms with van der Waals surface area (Å²) in [5.41, 5.74) is 3.59. The molecule has 4 aromatic carbocycles. The molecule has 1 amide bonds. The highest BCUT2D eigenvalue weighted by Gasteiger charge is 2.13. The molecule has 0 aliphatic carbocycles. The summed E-state index contributed by atoms with van der Waals surface area (Å²) in [5.74, 6) is -0.767. The van der Waals surface area contributed by atoms with E-state index in [2.05, 4.69) is 10.5 Å². The van der Waals surface area contributed by atoms with Crippen LogP contribution in [0.25, 0.3) is 10.8 Å². The Morgan fingerprint density at radius 1 is 0.909 bits per heavy atom. The minimum absolute atomic E-state index is 0.0750. The van der Waals surface area contributed by atoms with E-state index < -0.39 is 10.9 Å². The number of fused-ring (bicyclic) bond motifs is 1. The molecule has 0 bridgehead atoms. The predicted molar refractivity (Wildman–Crippen MR) is 124 cm³/mol. The highest BCUT2D eigenvalue weighted by atomic mass is 16.6. The fraction of sp³-hybridized carbons (Fsp3) is 0. The second-order valence-electron chi connectivity index (χ2n) is 6.99. The standard InChI is InChI=1S/C25H17N3O5/c29-24(23-10-4-6-18-5-1-2-9-22(18)23)27-26-16-17-11-13-21(14-12-17)33-25(30)19-7-3-8-20(15-19)28(31)32/h1-16H,(H,27,29)/b26-16-. The summed E-state index contributed by atoms with van der Waals surface area (Å²) in [7, 11) is 0. The fourth-order valence-corrected chi connectivity index (χ4v) is 3.18. The monoisotopic (exact) mass is 439 g/mol. The summed E-state index contributed by atoms with van der Waals surface area (Å²) in [6.45, 7) is 0. The molecule has 0 aliphatic rings. The number of carbonyl (C=O) groups excluding carboxylic acids is 2. The number of nitrogens with one attached hydrogen (secondary N) is 1. The number of rotatable bonds is 6. The number of carbonyl (C=O) groups is 2. The van der Waals surface area contributed by atoms with Gasteiger partial charge in [-0.2, -0.15) is 5.10 Å². The van der Waals surface area contributed by atoms with Crippen LogP contribution in [0.2, 0.25) is 0 Å². The number of hydrazone groups is 1. The van der Waals surface area contributed by atoms with Crippen LogP contribution in [0.15, 0.2) is 96.1 Å². The molecule has 0 radical (unpaired) electrons. The molecule has 33 heavy (non-hydrogen) atoms. The quantitative estimate of drug-likeness (QED) is 0.153. The minimum atomic E-state index is -0.706. The van der Waals surface area contributed by atoms with E-state index in [-0.39, 0.29) is 22.9 Å². The molecule has 8 heteroatoms. The van der Waals surface area contributed by atoms with Gasteiger partial charge in [0.15, 0.2) is 0 Å². The Morgan fingerprint density at radius 3 is 2.42 bits per heavy atom. The van der Waals surface area contributed by atoms with Crippen LogP contribution in [-0.2, 0) is 0 Å². The lowest BCUT2D eigenvalue weighted by atomic mass is 10.0. The number of nitro groups is 1. The Balaban J connectivity index is 1.38. The van der Waals surface area contributed by atoms with Crippen molar-refractivity contribution in [2.75, 3.05) is 0 Å². The van der Waals surface area contributed by atoms with Crippen LogP contribution in [0.3, 0.4) is 0 Å². The second-order valence-corrected chi connectivity index (χ2v) is 6.99. The van der Waals surface area contributed by atoms with Crippen molar-refractivity contribution in [2.24, 2.45) is 5.10 Å². The molecule has 4 rings (SSSR count). The fourth-order valence-electron chi connectivity index (χ4n) is 3.18. The molecule has 0 atom stereocenters. The minimum Gasteiger partial charge on any atom is -0.423 e. The van der Waals surface area contributed by atoms with E-state index in [0.717, 1.165) is 16.8 Å². The van der Waals surface area contributed by atoms with Gasteiger partial charge in [0.05, 0.1) is 16.7 Å². The molecule has 8 nitrogen and oxygen atoms in total. The van der Waals surface area contributed by atoms with Gasteiger partial charge in [0.2, 0.25) is 0 Å². The Labute approximate surface area is 188 Å². The van der Waals surface area contributed by atoms with Crippen LogP contribution in [0, 0.1) is 10.1 Å². The molecule has 0 aromatic heterocycles. The largest absolute Gasteiger partial charge is 0.423 e. The maximum atomic E-state index is 12.5. The van der Waals surface area contributed by atoms with Crippen LogP contribution >= 0.6 is 0 Å². The van der Waals surface area contributed by atoms with Crippen LogP contribution in [0.4, 0.5) is 5.69 Å². The van der Waals surface area contributed by atoms with E-state index >= 15 is 0 Å². The average molecular weight is 439 g/mol. The number of hydrogen-bond donors (Lipinski definition) is 1. The molecule has 0 aliphatic heterocycles. The van der Waals surface area contributed by atoms with Gasteiger partial charge in [0.1, 0.15) is 5.75 Å². The molecule has 0 heterocycles. The van der Waals surface area contributed by atoms with Crippen LogP contribution in [0.1, 0.15) is 26.3 Å². The number of benzene rings is 4. The average Bonchev–Trinajstić information content (AvgIpc) is 2.84. The first kappa shape index (κ1) is 21.4. The van der Waals surface area contributed by atoms with Gasteiger partial charge in [0, 0.05) is 17.7 Å². The number of esters is 1. The highest BCUT2D eigenvalue weighted by molar-refractivity contribution is 6.07. The molecular formula is C25H17N3O5. The first-order valence-electron chi connectivity index (χ1n) is 9.89. The van der Waals surface area contributed by atoms with Gasteiger partial charge in [-0.3, -0.25) is 14.9 Å². The summed E-state index contributed by atoms with van der Waals surface area (Å²) in [6.07, 6.45) is 1.47. The van der Waals surface area contributed by atoms with E-state index in [1.54, 1.807) is 30.3 Å². The Bertz CT molecular complexity index is 1380. The Kier molecular flexibility index (Phi) is 6.17. The van der Waals surface area contributed by atoms with Crippen LogP contribution in [0.5, 0.6) is 5.75 Å². The zero-order chi connectivity index (χ0) is 23.2. The van der Waals surface area contributed by atoms with E-state index in [1.165, 1.54) is 24.4 Å². The van der Waals surface area contributed by atoms with Crippen molar-refractivity contribution in [3.05, 3.63) is 118 Å². The number of nitrogens with zero attached hydrogens (tertiary/aromatic N) is 2. The molecule has 0 fully saturated rings. The van der Waals surface area contributed by atoms with Gasteiger partial charge in [-0.15, -0.1) is 0 Å². The molecule has 0 spiro atoms. The third kappa shape index (κ3) is 5.08. The molecule has 0 saturated carbocycles. The topological polar surface area (TPSA) is 111 Å². The van der Waals surface area contributed by atoms with Gasteiger partial charge in [0.25, 0.3) is 11.6 Å². The third-order valence-electron chi connectivity index (χ3n) is 4.80. The lowest BCUT2D eigenvalue weighted by Gasteiger charge is -2.05. The summed E-state index contributed by atoms with van der Waals surface area (Å²) < 4.78 is 5.26. The van der Waals surface area contributed by atoms with Crippen molar-refractivity contribution in [3.8, 4) is 5.75 Å². The molecule has 4 aromatic rings. The first-order valence-corrected chi connectivity index (χ1v) is 9.89. The van der Waals surface area contributed by atoms with Gasteiger partial charge >= 0.3 is 5.97 Å². The molecule has 0 saturated heterocycles. The maximum absolute atomic E-state index is 12.5. The maximum Gasteiger partial charge on any atom is 0.343 e. The Hall–Kier alpha value is -4.85. The molecule has 0 unspecified atom stereocenters. The number of nitro benzene ring substituents is 1. The highest BCUT2D eigenvalue weighted by Crippen LogP contribution is 2.19. The SMILES string of the molecule is O=C(Oc1ccc(/C=N\NC(=O)c2cccc3ccccc23)cc1)c1cccc([N+](=O)[O-])c1. The van der Waals surface area contributed by atoms with Gasteiger partial charge in [-0.25, -0.2) is 10.2 Å².